The number of ether oxygens (including phenoxy) is 3. The standard InChI is InChI=1S/C13H19BrN2O3/c1-17-12-3-2-9(6-10(12)14)7-11(16-15)13-8-18-4-5-19-13/h2-3,6,11,13,16H,4-5,7-8,15H2,1H3. The number of hydrogen-bond donors (Lipinski definition) is 2. The first-order valence-electron chi connectivity index (χ1n) is 6.22. The molecule has 106 valence electrons. The largest absolute Gasteiger partial charge is 0.496 e. The molecule has 0 amide bonds. The van der Waals surface area contributed by atoms with Crippen molar-refractivity contribution >= 4 is 15.9 Å². The normalized spacial score (nSPS) is 21.1. The molecule has 3 N–H and O–H groups in total. The Morgan fingerprint density at radius 1 is 1.53 bits per heavy atom. The molecular formula is C13H19BrN2O3. The Bertz CT molecular complexity index is 411. The van der Waals surface area contributed by atoms with Gasteiger partial charge < -0.3 is 14.2 Å². The Morgan fingerprint density at radius 3 is 2.95 bits per heavy atom. The number of hydrazine groups is 1. The zero-order chi connectivity index (χ0) is 13.7. The van der Waals surface area contributed by atoms with E-state index in [1.54, 1.807) is 7.11 Å². The molecule has 1 aromatic carbocycles. The van der Waals surface area contributed by atoms with Crippen LogP contribution in [0.15, 0.2) is 22.7 Å². The van der Waals surface area contributed by atoms with E-state index in [2.05, 4.69) is 21.4 Å². The van der Waals surface area contributed by atoms with Crippen LogP contribution in [-0.4, -0.2) is 39.1 Å². The third-order valence-electron chi connectivity index (χ3n) is 3.18. The second-order valence-electron chi connectivity index (χ2n) is 4.43. The zero-order valence-electron chi connectivity index (χ0n) is 10.9. The molecule has 0 aliphatic carbocycles. The second-order valence-corrected chi connectivity index (χ2v) is 5.28. The van der Waals surface area contributed by atoms with Crippen LogP contribution in [0.3, 0.4) is 0 Å². The molecule has 5 nitrogen and oxygen atoms in total. The van der Waals surface area contributed by atoms with E-state index in [9.17, 15) is 0 Å². The van der Waals surface area contributed by atoms with Crippen LogP contribution in [0.4, 0.5) is 0 Å². The summed E-state index contributed by atoms with van der Waals surface area (Å²) in [6.07, 6.45) is 0.757. The number of nitrogens with one attached hydrogen (secondary N) is 1. The lowest BCUT2D eigenvalue weighted by Gasteiger charge is -2.30. The molecule has 6 heteroatoms. The molecule has 1 saturated heterocycles. The summed E-state index contributed by atoms with van der Waals surface area (Å²) in [4.78, 5) is 0. The molecule has 0 aromatic heterocycles. The van der Waals surface area contributed by atoms with Crippen molar-refractivity contribution in [1.82, 2.24) is 5.43 Å². The maximum atomic E-state index is 5.67. The third-order valence-corrected chi connectivity index (χ3v) is 3.80. The van der Waals surface area contributed by atoms with Gasteiger partial charge in [0, 0.05) is 0 Å². The molecule has 2 unspecified atom stereocenters. The number of rotatable bonds is 5. The van der Waals surface area contributed by atoms with Gasteiger partial charge in [-0.2, -0.15) is 0 Å². The van der Waals surface area contributed by atoms with Gasteiger partial charge in [-0.1, -0.05) is 6.07 Å². The van der Waals surface area contributed by atoms with Crippen molar-refractivity contribution in [3.63, 3.8) is 0 Å². The first kappa shape index (κ1) is 14.7. The SMILES string of the molecule is COc1ccc(CC(NN)C2COCCO2)cc1Br. The van der Waals surface area contributed by atoms with E-state index in [-0.39, 0.29) is 12.1 Å². The van der Waals surface area contributed by atoms with Crippen molar-refractivity contribution in [3.05, 3.63) is 28.2 Å². The Hall–Kier alpha value is -0.660. The average Bonchev–Trinajstić information content (AvgIpc) is 2.46. The first-order valence-corrected chi connectivity index (χ1v) is 7.01. The first-order chi connectivity index (χ1) is 9.24. The maximum Gasteiger partial charge on any atom is 0.133 e. The van der Waals surface area contributed by atoms with Crippen LogP contribution >= 0.6 is 15.9 Å². The fourth-order valence-corrected chi connectivity index (χ4v) is 2.71. The summed E-state index contributed by atoms with van der Waals surface area (Å²) < 4.78 is 17.2. The van der Waals surface area contributed by atoms with E-state index in [0.717, 1.165) is 22.2 Å². The van der Waals surface area contributed by atoms with Crippen LogP contribution in [0.5, 0.6) is 5.75 Å². The molecule has 1 aliphatic heterocycles. The van der Waals surface area contributed by atoms with E-state index < -0.39 is 0 Å². The van der Waals surface area contributed by atoms with Crippen molar-refractivity contribution in [2.75, 3.05) is 26.9 Å². The Labute approximate surface area is 121 Å². The van der Waals surface area contributed by atoms with E-state index in [0.29, 0.717) is 19.8 Å². The quantitative estimate of drug-likeness (QED) is 0.628. The molecule has 0 radical (unpaired) electrons. The summed E-state index contributed by atoms with van der Waals surface area (Å²) in [6.45, 7) is 1.85. The number of halogens is 1. The summed E-state index contributed by atoms with van der Waals surface area (Å²) in [6, 6.07) is 6.02. The molecule has 2 atom stereocenters. The molecule has 2 rings (SSSR count). The van der Waals surface area contributed by atoms with Gasteiger partial charge in [0.1, 0.15) is 5.75 Å². The summed E-state index contributed by atoms with van der Waals surface area (Å²) in [5.41, 5.74) is 3.97. The van der Waals surface area contributed by atoms with Crippen molar-refractivity contribution < 1.29 is 14.2 Å². The summed E-state index contributed by atoms with van der Waals surface area (Å²) >= 11 is 3.48. The van der Waals surface area contributed by atoms with Gasteiger partial charge in [0.05, 0.1) is 43.5 Å². The highest BCUT2D eigenvalue weighted by molar-refractivity contribution is 9.10. The molecular weight excluding hydrogens is 312 g/mol. The Balaban J connectivity index is 2.03. The lowest BCUT2D eigenvalue weighted by atomic mass is 10.0. The molecule has 1 aromatic rings. The second kappa shape index (κ2) is 7.21. The minimum absolute atomic E-state index is 0.0142. The lowest BCUT2D eigenvalue weighted by molar-refractivity contribution is -0.101. The molecule has 0 bridgehead atoms. The molecule has 1 aliphatic rings. The van der Waals surface area contributed by atoms with Gasteiger partial charge in [0.25, 0.3) is 0 Å². The molecule has 0 saturated carbocycles. The third kappa shape index (κ3) is 3.90. The van der Waals surface area contributed by atoms with E-state index in [1.165, 1.54) is 0 Å². The molecule has 1 fully saturated rings. The van der Waals surface area contributed by atoms with E-state index in [4.69, 9.17) is 20.1 Å². The van der Waals surface area contributed by atoms with Gasteiger partial charge in [0.2, 0.25) is 0 Å². The van der Waals surface area contributed by atoms with Gasteiger partial charge in [0.15, 0.2) is 0 Å². The van der Waals surface area contributed by atoms with E-state index in [1.807, 2.05) is 18.2 Å². The summed E-state index contributed by atoms with van der Waals surface area (Å²) in [5.74, 6) is 6.44. The minimum atomic E-state index is -0.0142. The highest BCUT2D eigenvalue weighted by atomic mass is 79.9. The number of benzene rings is 1. The fraction of sp³-hybridized carbons (Fsp3) is 0.538. The molecule has 19 heavy (non-hydrogen) atoms. The lowest BCUT2D eigenvalue weighted by Crippen LogP contribution is -2.50. The number of hydrogen-bond acceptors (Lipinski definition) is 5. The maximum absolute atomic E-state index is 5.67. The van der Waals surface area contributed by atoms with Crippen LogP contribution < -0.4 is 16.0 Å². The Kier molecular flexibility index (Phi) is 5.59. The van der Waals surface area contributed by atoms with Gasteiger partial charge in [-0.3, -0.25) is 11.3 Å². The fourth-order valence-electron chi connectivity index (χ4n) is 2.13. The predicted octanol–water partition coefficient (Wildman–Crippen LogP) is 1.25. The van der Waals surface area contributed by atoms with Gasteiger partial charge in [-0.25, -0.2) is 0 Å². The van der Waals surface area contributed by atoms with Crippen LogP contribution in [0.2, 0.25) is 0 Å². The summed E-state index contributed by atoms with van der Waals surface area (Å²) in [7, 11) is 1.65. The predicted molar refractivity (Wildman–Crippen MR) is 76.1 cm³/mol. The van der Waals surface area contributed by atoms with Crippen LogP contribution in [0, 0.1) is 0 Å². The van der Waals surface area contributed by atoms with E-state index >= 15 is 0 Å². The van der Waals surface area contributed by atoms with Crippen LogP contribution in [0.1, 0.15) is 5.56 Å². The van der Waals surface area contributed by atoms with Crippen molar-refractivity contribution in [3.8, 4) is 5.75 Å². The topological polar surface area (TPSA) is 65.7 Å². The van der Waals surface area contributed by atoms with Gasteiger partial charge in [-0.15, -0.1) is 0 Å². The van der Waals surface area contributed by atoms with Crippen LogP contribution in [0.25, 0.3) is 0 Å². The smallest absolute Gasteiger partial charge is 0.133 e. The number of nitrogens with two attached hydrogens (primary N) is 1. The van der Waals surface area contributed by atoms with Crippen molar-refractivity contribution in [1.29, 1.82) is 0 Å². The van der Waals surface area contributed by atoms with Crippen molar-refractivity contribution in [2.24, 2.45) is 5.84 Å². The zero-order valence-corrected chi connectivity index (χ0v) is 12.5. The molecule has 1 heterocycles. The van der Waals surface area contributed by atoms with Crippen LogP contribution in [-0.2, 0) is 15.9 Å². The van der Waals surface area contributed by atoms with Gasteiger partial charge >= 0.3 is 0 Å². The highest BCUT2D eigenvalue weighted by Crippen LogP contribution is 2.26. The Morgan fingerprint density at radius 2 is 2.37 bits per heavy atom. The minimum Gasteiger partial charge on any atom is -0.496 e. The van der Waals surface area contributed by atoms with Gasteiger partial charge in [-0.05, 0) is 40.0 Å². The molecule has 0 spiro atoms. The number of methoxy groups -OCH3 is 1. The average molecular weight is 331 g/mol. The monoisotopic (exact) mass is 330 g/mol. The summed E-state index contributed by atoms with van der Waals surface area (Å²) in [5, 5.41) is 0. The highest BCUT2D eigenvalue weighted by Gasteiger charge is 2.24. The van der Waals surface area contributed by atoms with Crippen molar-refractivity contribution in [2.45, 2.75) is 18.6 Å².